The molecule has 1 N–H and O–H groups in total. The molecule has 0 unspecified atom stereocenters. The van der Waals surface area contributed by atoms with Crippen LogP contribution in [0.15, 0.2) is 12.4 Å². The van der Waals surface area contributed by atoms with Gasteiger partial charge in [-0.2, -0.15) is 16.9 Å². The molecule has 1 fully saturated rings. The summed E-state index contributed by atoms with van der Waals surface area (Å²) in [5, 5.41) is 7.83. The molecule has 0 aromatic carbocycles. The number of likely N-dealkylation sites (tertiary alicyclic amines) is 1. The van der Waals surface area contributed by atoms with Crippen LogP contribution in [0.2, 0.25) is 0 Å². The van der Waals surface area contributed by atoms with Crippen LogP contribution < -0.4 is 5.32 Å². The maximum Gasteiger partial charge on any atom is 0.317 e. The van der Waals surface area contributed by atoms with Gasteiger partial charge in [0.15, 0.2) is 0 Å². The first-order valence-corrected chi connectivity index (χ1v) is 8.80. The van der Waals surface area contributed by atoms with Gasteiger partial charge in [-0.1, -0.05) is 13.3 Å². The summed E-state index contributed by atoms with van der Waals surface area (Å²) < 4.78 is 1.76. The van der Waals surface area contributed by atoms with E-state index in [0.717, 1.165) is 30.8 Å². The molecule has 0 saturated carbocycles. The van der Waals surface area contributed by atoms with Crippen molar-refractivity contribution in [2.45, 2.75) is 44.4 Å². The number of hydrogen-bond donors (Lipinski definition) is 1. The standard InChI is InChI=1S/C15H26N4OS/c1-4-21-14-7-5-6-8-19(11-14)15(20)17-12(2)13-9-16-18(3)10-13/h9-10,12,14H,4-8,11H2,1-3H3,(H,17,20)/t12-,14+/m1/s1. The van der Waals surface area contributed by atoms with Crippen molar-refractivity contribution in [1.29, 1.82) is 0 Å². The topological polar surface area (TPSA) is 50.2 Å². The molecule has 2 amide bonds. The Bertz CT molecular complexity index is 462. The molecule has 118 valence electrons. The van der Waals surface area contributed by atoms with E-state index < -0.39 is 0 Å². The lowest BCUT2D eigenvalue weighted by molar-refractivity contribution is 0.197. The number of urea groups is 1. The molecule has 21 heavy (non-hydrogen) atoms. The van der Waals surface area contributed by atoms with E-state index in [4.69, 9.17) is 0 Å². The second kappa shape index (κ2) is 7.73. The van der Waals surface area contributed by atoms with Gasteiger partial charge < -0.3 is 10.2 Å². The zero-order valence-corrected chi connectivity index (χ0v) is 14.0. The Morgan fingerprint density at radius 2 is 2.38 bits per heavy atom. The Labute approximate surface area is 131 Å². The second-order valence-corrected chi connectivity index (χ2v) is 7.22. The highest BCUT2D eigenvalue weighted by Gasteiger charge is 2.23. The Hall–Kier alpha value is -1.17. The summed E-state index contributed by atoms with van der Waals surface area (Å²) in [6.07, 6.45) is 7.31. The zero-order valence-electron chi connectivity index (χ0n) is 13.2. The molecule has 1 aliphatic heterocycles. The van der Waals surface area contributed by atoms with E-state index in [1.54, 1.807) is 4.68 Å². The molecule has 1 aliphatic rings. The number of aromatic nitrogens is 2. The van der Waals surface area contributed by atoms with Gasteiger partial charge >= 0.3 is 6.03 Å². The average molecular weight is 310 g/mol. The normalized spacial score (nSPS) is 20.9. The Balaban J connectivity index is 1.91. The predicted molar refractivity (Wildman–Crippen MR) is 87.5 cm³/mol. The van der Waals surface area contributed by atoms with Crippen molar-refractivity contribution in [2.75, 3.05) is 18.8 Å². The SMILES string of the molecule is CCS[C@H]1CCCCN(C(=O)N[C@H](C)c2cnn(C)c2)C1. The van der Waals surface area contributed by atoms with Gasteiger partial charge in [0.1, 0.15) is 0 Å². The third-order valence-corrected chi connectivity index (χ3v) is 5.07. The molecule has 2 rings (SSSR count). The molecule has 0 aliphatic carbocycles. The first kappa shape index (κ1) is 16.2. The number of rotatable bonds is 4. The molecular weight excluding hydrogens is 284 g/mol. The van der Waals surface area contributed by atoms with Crippen molar-refractivity contribution in [3.05, 3.63) is 18.0 Å². The minimum Gasteiger partial charge on any atom is -0.331 e. The smallest absolute Gasteiger partial charge is 0.317 e. The summed E-state index contributed by atoms with van der Waals surface area (Å²) in [4.78, 5) is 14.4. The van der Waals surface area contributed by atoms with Crippen LogP contribution in [-0.4, -0.2) is 44.8 Å². The number of hydrogen-bond acceptors (Lipinski definition) is 3. The quantitative estimate of drug-likeness (QED) is 0.930. The fourth-order valence-electron chi connectivity index (χ4n) is 2.68. The van der Waals surface area contributed by atoms with Crippen LogP contribution in [0.25, 0.3) is 0 Å². The van der Waals surface area contributed by atoms with Gasteiger partial charge in [-0.15, -0.1) is 0 Å². The van der Waals surface area contributed by atoms with Crippen molar-refractivity contribution in [3.63, 3.8) is 0 Å². The van der Waals surface area contributed by atoms with E-state index >= 15 is 0 Å². The van der Waals surface area contributed by atoms with Crippen molar-refractivity contribution >= 4 is 17.8 Å². The number of carbonyl (C=O) groups excluding carboxylic acids is 1. The Morgan fingerprint density at radius 1 is 1.57 bits per heavy atom. The summed E-state index contributed by atoms with van der Waals surface area (Å²) in [6.45, 7) is 5.92. The van der Waals surface area contributed by atoms with Gasteiger partial charge in [0.25, 0.3) is 0 Å². The van der Waals surface area contributed by atoms with Gasteiger partial charge in [-0.05, 0) is 25.5 Å². The van der Waals surface area contributed by atoms with Crippen molar-refractivity contribution in [1.82, 2.24) is 20.0 Å². The maximum atomic E-state index is 12.5. The van der Waals surface area contributed by atoms with E-state index in [-0.39, 0.29) is 12.1 Å². The Kier molecular flexibility index (Phi) is 5.96. The molecule has 0 radical (unpaired) electrons. The lowest BCUT2D eigenvalue weighted by Crippen LogP contribution is -2.43. The molecule has 1 saturated heterocycles. The highest BCUT2D eigenvalue weighted by molar-refractivity contribution is 7.99. The molecule has 1 aromatic heterocycles. The van der Waals surface area contributed by atoms with Crippen molar-refractivity contribution in [2.24, 2.45) is 7.05 Å². The van der Waals surface area contributed by atoms with Crippen LogP contribution >= 0.6 is 11.8 Å². The Morgan fingerprint density at radius 3 is 3.05 bits per heavy atom. The third kappa shape index (κ3) is 4.66. The number of aryl methyl sites for hydroxylation is 1. The van der Waals surface area contributed by atoms with Gasteiger partial charge in [0.2, 0.25) is 0 Å². The summed E-state index contributed by atoms with van der Waals surface area (Å²) in [7, 11) is 1.89. The highest BCUT2D eigenvalue weighted by atomic mass is 32.2. The van der Waals surface area contributed by atoms with Crippen LogP contribution in [0.5, 0.6) is 0 Å². The van der Waals surface area contributed by atoms with Gasteiger partial charge in [0.05, 0.1) is 12.2 Å². The molecule has 2 heterocycles. The van der Waals surface area contributed by atoms with E-state index in [9.17, 15) is 4.79 Å². The summed E-state index contributed by atoms with van der Waals surface area (Å²) in [5.41, 5.74) is 1.04. The molecule has 5 nitrogen and oxygen atoms in total. The van der Waals surface area contributed by atoms with Crippen LogP contribution in [0.1, 0.15) is 44.7 Å². The lowest BCUT2D eigenvalue weighted by Gasteiger charge is -2.26. The largest absolute Gasteiger partial charge is 0.331 e. The molecule has 0 spiro atoms. The van der Waals surface area contributed by atoms with E-state index in [2.05, 4.69) is 17.3 Å². The van der Waals surface area contributed by atoms with Crippen LogP contribution in [-0.2, 0) is 7.05 Å². The first-order chi connectivity index (χ1) is 10.1. The number of nitrogens with one attached hydrogen (secondary N) is 1. The number of carbonyl (C=O) groups is 1. The van der Waals surface area contributed by atoms with Crippen molar-refractivity contribution < 1.29 is 4.79 Å². The van der Waals surface area contributed by atoms with E-state index in [1.165, 1.54) is 12.8 Å². The van der Waals surface area contributed by atoms with Crippen molar-refractivity contribution in [3.8, 4) is 0 Å². The van der Waals surface area contributed by atoms with Crippen LogP contribution in [0.4, 0.5) is 4.79 Å². The van der Waals surface area contributed by atoms with E-state index in [0.29, 0.717) is 5.25 Å². The minimum atomic E-state index is -0.00766. The van der Waals surface area contributed by atoms with Gasteiger partial charge in [-0.25, -0.2) is 4.79 Å². The summed E-state index contributed by atoms with van der Waals surface area (Å²) >= 11 is 1.97. The van der Waals surface area contributed by atoms with Gasteiger partial charge in [-0.3, -0.25) is 4.68 Å². The fourth-order valence-corrected chi connectivity index (χ4v) is 3.77. The summed E-state index contributed by atoms with van der Waals surface area (Å²) in [6, 6.07) is 0.0432. The van der Waals surface area contributed by atoms with Crippen LogP contribution in [0.3, 0.4) is 0 Å². The molecule has 0 bridgehead atoms. The fraction of sp³-hybridized carbons (Fsp3) is 0.733. The third-order valence-electron chi connectivity index (χ3n) is 3.88. The zero-order chi connectivity index (χ0) is 15.2. The second-order valence-electron chi connectivity index (χ2n) is 5.64. The first-order valence-electron chi connectivity index (χ1n) is 7.75. The molecular formula is C15H26N4OS. The maximum absolute atomic E-state index is 12.5. The molecule has 1 aromatic rings. The highest BCUT2D eigenvalue weighted by Crippen LogP contribution is 2.22. The number of nitrogens with zero attached hydrogens (tertiary/aromatic N) is 3. The predicted octanol–water partition coefficient (Wildman–Crippen LogP) is 2.80. The lowest BCUT2D eigenvalue weighted by atomic mass is 10.2. The minimum absolute atomic E-state index is 0.00766. The molecule has 6 heteroatoms. The average Bonchev–Trinajstić information content (AvgIpc) is 2.74. The number of amides is 2. The molecule has 2 atom stereocenters. The van der Waals surface area contributed by atoms with E-state index in [1.807, 2.05) is 43.0 Å². The monoisotopic (exact) mass is 310 g/mol. The van der Waals surface area contributed by atoms with Crippen LogP contribution in [0, 0.1) is 0 Å². The summed E-state index contributed by atoms with van der Waals surface area (Å²) in [5.74, 6) is 1.12. The van der Waals surface area contributed by atoms with Gasteiger partial charge in [0, 0.05) is 37.1 Å². The number of thioether (sulfide) groups is 1.